The van der Waals surface area contributed by atoms with Gasteiger partial charge in [-0.2, -0.15) is 0 Å². The molecule has 6 heteroatoms. The Balaban J connectivity index is 1.74. The summed E-state index contributed by atoms with van der Waals surface area (Å²) in [6.45, 7) is 3.54. The van der Waals surface area contributed by atoms with E-state index >= 15 is 0 Å². The molecular weight excluding hydrogens is 359 g/mol. The summed E-state index contributed by atoms with van der Waals surface area (Å²) in [6.07, 6.45) is 0. The number of nitrogens with one attached hydrogen (secondary N) is 1. The third-order valence-corrected chi connectivity index (χ3v) is 4.90. The molecule has 1 amide bonds. The second kappa shape index (κ2) is 8.68. The average Bonchev–Trinajstić information content (AvgIpc) is 2.64. The van der Waals surface area contributed by atoms with Gasteiger partial charge in [0.2, 0.25) is 0 Å². The summed E-state index contributed by atoms with van der Waals surface area (Å²) in [5.74, 6) is -0.169. The summed E-state index contributed by atoms with van der Waals surface area (Å²) in [7, 11) is 0. The van der Waals surface area contributed by atoms with Crippen LogP contribution in [-0.4, -0.2) is 43.7 Å². The van der Waals surface area contributed by atoms with E-state index < -0.39 is 0 Å². The molecule has 0 saturated carbocycles. The molecule has 1 aliphatic rings. The molecule has 25 heavy (non-hydrogen) atoms. The highest BCUT2D eigenvalue weighted by molar-refractivity contribution is 6.33. The van der Waals surface area contributed by atoms with Crippen molar-refractivity contribution in [2.75, 3.05) is 32.8 Å². The minimum absolute atomic E-state index is 0.0626. The number of carbonyl (C=O) groups is 1. The van der Waals surface area contributed by atoms with Crippen molar-refractivity contribution in [1.82, 2.24) is 10.2 Å². The normalized spacial score (nSPS) is 16.4. The van der Waals surface area contributed by atoms with Crippen LogP contribution in [0.3, 0.4) is 0 Å². The van der Waals surface area contributed by atoms with E-state index in [4.69, 9.17) is 27.9 Å². The highest BCUT2D eigenvalue weighted by Crippen LogP contribution is 2.23. The molecular formula is C19H20Cl2N2O2. The molecule has 2 aromatic rings. The maximum atomic E-state index is 12.5. The van der Waals surface area contributed by atoms with Gasteiger partial charge in [0.15, 0.2) is 0 Å². The lowest BCUT2D eigenvalue weighted by atomic mass is 10.0. The maximum Gasteiger partial charge on any atom is 0.252 e. The highest BCUT2D eigenvalue weighted by Gasteiger charge is 2.23. The zero-order valence-corrected chi connectivity index (χ0v) is 15.3. The number of nitrogens with zero attached hydrogens (tertiary/aromatic N) is 1. The summed E-state index contributed by atoms with van der Waals surface area (Å²) >= 11 is 12.1. The fourth-order valence-corrected chi connectivity index (χ4v) is 3.31. The summed E-state index contributed by atoms with van der Waals surface area (Å²) in [4.78, 5) is 14.8. The van der Waals surface area contributed by atoms with Gasteiger partial charge in [-0.3, -0.25) is 9.69 Å². The Bertz CT molecular complexity index is 716. The van der Waals surface area contributed by atoms with Gasteiger partial charge in [0.05, 0.1) is 29.8 Å². The Morgan fingerprint density at radius 2 is 1.76 bits per heavy atom. The molecule has 0 spiro atoms. The van der Waals surface area contributed by atoms with Crippen LogP contribution in [0.15, 0.2) is 48.5 Å². The first-order chi connectivity index (χ1) is 12.1. The van der Waals surface area contributed by atoms with Crippen LogP contribution in [0.4, 0.5) is 0 Å². The van der Waals surface area contributed by atoms with E-state index in [-0.39, 0.29) is 11.9 Å². The van der Waals surface area contributed by atoms with Crippen LogP contribution < -0.4 is 5.32 Å². The first-order valence-electron chi connectivity index (χ1n) is 8.25. The third kappa shape index (κ3) is 4.73. The summed E-state index contributed by atoms with van der Waals surface area (Å²) < 4.78 is 5.45. The molecule has 1 heterocycles. The van der Waals surface area contributed by atoms with Gasteiger partial charge in [0.1, 0.15) is 0 Å². The van der Waals surface area contributed by atoms with Crippen molar-refractivity contribution in [3.63, 3.8) is 0 Å². The Kier molecular flexibility index (Phi) is 6.32. The van der Waals surface area contributed by atoms with Crippen molar-refractivity contribution in [2.45, 2.75) is 6.04 Å². The zero-order chi connectivity index (χ0) is 17.6. The molecule has 3 rings (SSSR count). The van der Waals surface area contributed by atoms with Crippen LogP contribution in [0.5, 0.6) is 0 Å². The van der Waals surface area contributed by atoms with Crippen LogP contribution in [-0.2, 0) is 4.74 Å². The fraction of sp³-hybridized carbons (Fsp3) is 0.316. The number of hydrogen-bond acceptors (Lipinski definition) is 3. The predicted molar refractivity (Wildman–Crippen MR) is 100 cm³/mol. The van der Waals surface area contributed by atoms with Crippen molar-refractivity contribution in [3.05, 3.63) is 69.7 Å². The van der Waals surface area contributed by atoms with Gasteiger partial charge in [-0.1, -0.05) is 47.5 Å². The lowest BCUT2D eigenvalue weighted by molar-refractivity contribution is 0.0162. The molecule has 1 fully saturated rings. The van der Waals surface area contributed by atoms with Gasteiger partial charge >= 0.3 is 0 Å². The van der Waals surface area contributed by atoms with E-state index in [1.165, 1.54) is 0 Å². The van der Waals surface area contributed by atoms with Crippen LogP contribution in [0.25, 0.3) is 0 Å². The lowest BCUT2D eigenvalue weighted by Crippen LogP contribution is -2.43. The lowest BCUT2D eigenvalue weighted by Gasteiger charge is -2.35. The number of morpholine rings is 1. The Hall–Kier alpha value is -1.59. The molecule has 2 aromatic carbocycles. The Morgan fingerprint density at radius 1 is 1.08 bits per heavy atom. The molecule has 1 unspecified atom stereocenters. The van der Waals surface area contributed by atoms with Crippen molar-refractivity contribution >= 4 is 29.1 Å². The number of benzene rings is 2. The fourth-order valence-electron chi connectivity index (χ4n) is 2.96. The van der Waals surface area contributed by atoms with Crippen LogP contribution in [0.2, 0.25) is 10.0 Å². The minimum Gasteiger partial charge on any atom is -0.379 e. The highest BCUT2D eigenvalue weighted by atomic mass is 35.5. The minimum atomic E-state index is -0.169. The zero-order valence-electron chi connectivity index (χ0n) is 13.8. The predicted octanol–water partition coefficient (Wildman–Crippen LogP) is 3.80. The van der Waals surface area contributed by atoms with E-state index in [2.05, 4.69) is 10.2 Å². The second-order valence-corrected chi connectivity index (χ2v) is 6.75. The third-order valence-electron chi connectivity index (χ3n) is 4.32. The van der Waals surface area contributed by atoms with Crippen molar-refractivity contribution in [1.29, 1.82) is 0 Å². The van der Waals surface area contributed by atoms with E-state index in [1.54, 1.807) is 18.2 Å². The first-order valence-corrected chi connectivity index (χ1v) is 9.01. The Labute approximate surface area is 157 Å². The van der Waals surface area contributed by atoms with Crippen LogP contribution >= 0.6 is 23.2 Å². The molecule has 4 nitrogen and oxygen atoms in total. The molecule has 1 saturated heterocycles. The van der Waals surface area contributed by atoms with E-state index in [9.17, 15) is 4.79 Å². The average molecular weight is 379 g/mol. The standard InChI is InChI=1S/C19H20Cl2N2O2/c20-15-7-5-14(6-8-15)18(23-9-11-25-12-10-23)13-22-19(24)16-3-1-2-4-17(16)21/h1-8,18H,9-13H2,(H,22,24). The maximum absolute atomic E-state index is 12.5. The second-order valence-electron chi connectivity index (χ2n) is 5.91. The van der Waals surface area contributed by atoms with Crippen LogP contribution in [0, 0.1) is 0 Å². The van der Waals surface area contributed by atoms with Gasteiger partial charge < -0.3 is 10.1 Å². The molecule has 1 N–H and O–H groups in total. The van der Waals surface area contributed by atoms with E-state index in [0.717, 1.165) is 18.7 Å². The van der Waals surface area contributed by atoms with E-state index in [1.807, 2.05) is 30.3 Å². The van der Waals surface area contributed by atoms with Gasteiger partial charge in [-0.25, -0.2) is 0 Å². The van der Waals surface area contributed by atoms with Gasteiger partial charge in [0, 0.05) is 24.7 Å². The smallest absolute Gasteiger partial charge is 0.252 e. The van der Waals surface area contributed by atoms with Crippen molar-refractivity contribution in [2.24, 2.45) is 0 Å². The summed E-state index contributed by atoms with van der Waals surface area (Å²) in [5.41, 5.74) is 1.60. The number of hydrogen-bond donors (Lipinski definition) is 1. The number of carbonyl (C=O) groups excluding carboxylic acids is 1. The quantitative estimate of drug-likeness (QED) is 0.860. The van der Waals surface area contributed by atoms with Gasteiger partial charge in [0.25, 0.3) is 5.91 Å². The molecule has 0 aliphatic carbocycles. The van der Waals surface area contributed by atoms with Crippen LogP contribution in [0.1, 0.15) is 22.0 Å². The molecule has 1 aliphatic heterocycles. The SMILES string of the molecule is O=C(NCC(c1ccc(Cl)cc1)N1CCOCC1)c1ccccc1Cl. The number of rotatable bonds is 5. The van der Waals surface area contributed by atoms with Crippen molar-refractivity contribution < 1.29 is 9.53 Å². The van der Waals surface area contributed by atoms with Gasteiger partial charge in [-0.15, -0.1) is 0 Å². The summed E-state index contributed by atoms with van der Waals surface area (Å²) in [5, 5.41) is 4.16. The molecule has 132 valence electrons. The topological polar surface area (TPSA) is 41.6 Å². The molecule has 0 radical (unpaired) electrons. The Morgan fingerprint density at radius 3 is 2.44 bits per heavy atom. The molecule has 1 atom stereocenters. The number of halogens is 2. The first kappa shape index (κ1) is 18.2. The molecule has 0 bridgehead atoms. The monoisotopic (exact) mass is 378 g/mol. The number of amides is 1. The number of ether oxygens (including phenoxy) is 1. The van der Waals surface area contributed by atoms with Gasteiger partial charge in [-0.05, 0) is 29.8 Å². The molecule has 0 aromatic heterocycles. The summed E-state index contributed by atoms with van der Waals surface area (Å²) in [6, 6.07) is 14.9. The largest absolute Gasteiger partial charge is 0.379 e. The van der Waals surface area contributed by atoms with E-state index in [0.29, 0.717) is 35.4 Å². The van der Waals surface area contributed by atoms with Crippen molar-refractivity contribution in [3.8, 4) is 0 Å².